The maximum Gasteiger partial charge on any atom is 0.141 e. The van der Waals surface area contributed by atoms with Gasteiger partial charge in [0, 0.05) is 23.0 Å². The average Bonchev–Trinajstić information content (AvgIpc) is 2.75. The van der Waals surface area contributed by atoms with Crippen LogP contribution in [0.5, 0.6) is 0 Å². The van der Waals surface area contributed by atoms with E-state index in [0.717, 1.165) is 29.6 Å². The molecule has 0 radical (unpaired) electrons. The predicted molar refractivity (Wildman–Crippen MR) is 81.3 cm³/mol. The number of ketones is 1. The molecule has 4 rings (SSSR count). The molecule has 21 heavy (non-hydrogen) atoms. The van der Waals surface area contributed by atoms with Crippen LogP contribution in [0.15, 0.2) is 22.0 Å². The molecular weight excluding hydrogens is 334 g/mol. The number of rotatable bonds is 1. The number of hydrogen-bond acceptors (Lipinski definition) is 4. The van der Waals surface area contributed by atoms with Crippen LogP contribution in [0.25, 0.3) is 0 Å². The highest BCUT2D eigenvalue weighted by atomic mass is 79.9. The van der Waals surface area contributed by atoms with Crippen LogP contribution in [0, 0.1) is 11.3 Å². The first-order chi connectivity index (χ1) is 10.1. The second-order valence-corrected chi connectivity index (χ2v) is 7.39. The third-order valence-corrected chi connectivity index (χ3v) is 6.37. The normalized spacial score (nSPS) is 38.5. The van der Waals surface area contributed by atoms with Gasteiger partial charge in [0.25, 0.3) is 0 Å². The van der Waals surface area contributed by atoms with Crippen LogP contribution in [-0.4, -0.2) is 30.6 Å². The van der Waals surface area contributed by atoms with Gasteiger partial charge in [0.05, 0.1) is 25.5 Å². The number of nitrogens with zero attached hydrogens (tertiary/aromatic N) is 1. The summed E-state index contributed by atoms with van der Waals surface area (Å²) in [6, 6.07) is 0. The zero-order chi connectivity index (χ0) is 14.6. The van der Waals surface area contributed by atoms with Crippen molar-refractivity contribution < 1.29 is 14.4 Å². The number of carbonyl (C=O) groups excluding carboxylic acids is 1. The van der Waals surface area contributed by atoms with Crippen molar-refractivity contribution in [3.05, 3.63) is 22.0 Å². The zero-order valence-electron chi connectivity index (χ0n) is 12.2. The molecule has 0 saturated heterocycles. The van der Waals surface area contributed by atoms with E-state index in [4.69, 9.17) is 9.57 Å². The van der Waals surface area contributed by atoms with E-state index in [1.807, 2.05) is 5.06 Å². The summed E-state index contributed by atoms with van der Waals surface area (Å²) in [6.07, 6.45) is 7.95. The second kappa shape index (κ2) is 4.85. The van der Waals surface area contributed by atoms with Crippen molar-refractivity contribution in [3.8, 4) is 0 Å². The van der Waals surface area contributed by atoms with Crippen molar-refractivity contribution >= 4 is 21.7 Å². The van der Waals surface area contributed by atoms with Gasteiger partial charge in [0.2, 0.25) is 0 Å². The first-order valence-electron chi connectivity index (χ1n) is 7.75. The van der Waals surface area contributed by atoms with Gasteiger partial charge in [-0.2, -0.15) is 0 Å². The Hall–Kier alpha value is -0.810. The van der Waals surface area contributed by atoms with Gasteiger partial charge in [-0.1, -0.05) is 22.4 Å². The first kappa shape index (κ1) is 13.8. The van der Waals surface area contributed by atoms with Gasteiger partial charge >= 0.3 is 0 Å². The molecule has 4 nitrogen and oxygen atoms in total. The molecule has 5 heteroatoms. The molecule has 0 amide bonds. The molecule has 0 aromatic heterocycles. The lowest BCUT2D eigenvalue weighted by Gasteiger charge is -2.40. The number of Topliss-reactive ketones (excluding diaryl/α,β-unsaturated/α-hetero) is 1. The quantitative estimate of drug-likeness (QED) is 0.724. The lowest BCUT2D eigenvalue weighted by molar-refractivity contribution is -0.122. The van der Waals surface area contributed by atoms with E-state index >= 15 is 0 Å². The number of ether oxygens (including phenoxy) is 1. The highest BCUT2D eigenvalue weighted by Gasteiger charge is 2.57. The topological polar surface area (TPSA) is 38.8 Å². The van der Waals surface area contributed by atoms with Crippen molar-refractivity contribution in [3.63, 3.8) is 0 Å². The minimum Gasteiger partial charge on any atom is -0.493 e. The number of hydrogen-bond donors (Lipinski definition) is 0. The number of halogens is 1. The lowest BCUT2D eigenvalue weighted by Crippen LogP contribution is -2.39. The van der Waals surface area contributed by atoms with E-state index in [-0.39, 0.29) is 17.4 Å². The van der Waals surface area contributed by atoms with Crippen LogP contribution >= 0.6 is 15.9 Å². The van der Waals surface area contributed by atoms with Crippen molar-refractivity contribution in [1.82, 2.24) is 5.06 Å². The largest absolute Gasteiger partial charge is 0.493 e. The molecule has 1 fully saturated rings. The smallest absolute Gasteiger partial charge is 0.141 e. The van der Waals surface area contributed by atoms with Gasteiger partial charge in [-0.05, 0) is 24.8 Å². The Labute approximate surface area is 133 Å². The minimum absolute atomic E-state index is 0.0494. The van der Waals surface area contributed by atoms with Gasteiger partial charge in [0.15, 0.2) is 0 Å². The van der Waals surface area contributed by atoms with E-state index in [2.05, 4.69) is 22.1 Å². The van der Waals surface area contributed by atoms with Crippen LogP contribution in [0.4, 0.5) is 0 Å². The summed E-state index contributed by atoms with van der Waals surface area (Å²) in [6.45, 7) is 0.730. The molecule has 3 atom stereocenters. The van der Waals surface area contributed by atoms with Gasteiger partial charge in [0.1, 0.15) is 17.6 Å². The van der Waals surface area contributed by atoms with E-state index in [1.54, 1.807) is 7.11 Å². The summed E-state index contributed by atoms with van der Waals surface area (Å²) in [5.41, 5.74) is 1.33. The molecule has 1 spiro atoms. The first-order valence-corrected chi connectivity index (χ1v) is 8.55. The summed E-state index contributed by atoms with van der Waals surface area (Å²) < 4.78 is 7.42. The summed E-state index contributed by atoms with van der Waals surface area (Å²) in [5, 5.41) is 1.86. The fourth-order valence-corrected chi connectivity index (χ4v) is 5.54. The summed E-state index contributed by atoms with van der Waals surface area (Å²) >= 11 is 3.82. The highest BCUT2D eigenvalue weighted by molar-refractivity contribution is 9.11. The maximum absolute atomic E-state index is 12.1. The molecule has 114 valence electrons. The fourth-order valence-electron chi connectivity index (χ4n) is 4.65. The zero-order valence-corrected chi connectivity index (χ0v) is 13.8. The molecule has 0 aromatic rings. The molecule has 0 bridgehead atoms. The summed E-state index contributed by atoms with van der Waals surface area (Å²) in [5.74, 6) is 1.48. The Morgan fingerprint density at radius 2 is 2.33 bits per heavy atom. The number of hydroxylamine groups is 2. The van der Waals surface area contributed by atoms with Crippen molar-refractivity contribution in [2.24, 2.45) is 11.3 Å². The van der Waals surface area contributed by atoms with E-state index < -0.39 is 0 Å². The van der Waals surface area contributed by atoms with Crippen LogP contribution in [0.1, 0.15) is 38.5 Å². The van der Waals surface area contributed by atoms with Crippen LogP contribution < -0.4 is 0 Å². The van der Waals surface area contributed by atoms with Crippen LogP contribution in [-0.2, 0) is 14.4 Å². The van der Waals surface area contributed by atoms with Gasteiger partial charge < -0.3 is 4.74 Å². The van der Waals surface area contributed by atoms with E-state index in [0.29, 0.717) is 18.6 Å². The molecule has 4 aliphatic rings. The van der Waals surface area contributed by atoms with E-state index in [9.17, 15) is 4.79 Å². The number of carbonyl (C=O) groups is 1. The Morgan fingerprint density at radius 3 is 3.14 bits per heavy atom. The van der Waals surface area contributed by atoms with Crippen LogP contribution in [0.2, 0.25) is 0 Å². The Kier molecular flexibility index (Phi) is 3.19. The number of allylic oxidation sites excluding steroid dienone is 1. The van der Waals surface area contributed by atoms with Gasteiger partial charge in [-0.25, -0.2) is 0 Å². The summed E-state index contributed by atoms with van der Waals surface area (Å²) in [7, 11) is 1.68. The molecule has 3 unspecified atom stereocenters. The fraction of sp³-hybridized carbons (Fsp3) is 0.688. The van der Waals surface area contributed by atoms with Crippen LogP contribution in [0.3, 0.4) is 0 Å². The van der Waals surface area contributed by atoms with E-state index in [1.165, 1.54) is 18.4 Å². The third-order valence-electron chi connectivity index (χ3n) is 5.46. The monoisotopic (exact) mass is 353 g/mol. The van der Waals surface area contributed by atoms with Gasteiger partial charge in [-0.15, -0.1) is 0 Å². The van der Waals surface area contributed by atoms with Crippen molar-refractivity contribution in [2.75, 3.05) is 13.7 Å². The molecule has 1 saturated carbocycles. The molecule has 2 heterocycles. The van der Waals surface area contributed by atoms with Gasteiger partial charge in [-0.3, -0.25) is 14.7 Å². The maximum atomic E-state index is 12.1. The van der Waals surface area contributed by atoms with Crippen molar-refractivity contribution in [2.45, 2.75) is 44.6 Å². The summed E-state index contributed by atoms with van der Waals surface area (Å²) in [4.78, 5) is 17.6. The molecule has 2 aliphatic carbocycles. The predicted octanol–water partition coefficient (Wildman–Crippen LogP) is 3.29. The molecule has 0 N–H and O–H groups in total. The molecule has 2 aliphatic heterocycles. The minimum atomic E-state index is -0.0494. The standard InChI is InChI=1S/C16H20BrNO3/c1-20-18-8-10-6-11(19)7-12-15(10)16(13(17)9-18)5-3-2-4-14(16)21-12/h9-10,14H,2-8H2,1H3. The second-order valence-electron chi connectivity index (χ2n) is 6.54. The average molecular weight is 354 g/mol. The molecular formula is C16H20BrNO3. The SMILES string of the molecule is CON1C=C(Br)C23CCCCC2OC2=C3C(CC(=O)C2)C1. The Morgan fingerprint density at radius 1 is 1.48 bits per heavy atom. The third kappa shape index (κ3) is 1.86. The molecule has 0 aromatic carbocycles. The Balaban J connectivity index is 1.88. The highest BCUT2D eigenvalue weighted by Crippen LogP contribution is 2.61. The Bertz CT molecular complexity index is 556. The lowest BCUT2D eigenvalue weighted by atomic mass is 9.63. The van der Waals surface area contributed by atoms with Crippen molar-refractivity contribution in [1.29, 1.82) is 0 Å².